The van der Waals surface area contributed by atoms with Crippen LogP contribution in [0.4, 0.5) is 0 Å². The summed E-state index contributed by atoms with van der Waals surface area (Å²) in [5.74, 6) is 2.81. The van der Waals surface area contributed by atoms with Gasteiger partial charge in [0.15, 0.2) is 0 Å². The Balaban J connectivity index is 2.82. The minimum Gasteiger partial charge on any atom is -0.120 e. The Morgan fingerprint density at radius 2 is 2.08 bits per heavy atom. The van der Waals surface area contributed by atoms with Gasteiger partial charge in [0.2, 0.25) is 0 Å². The number of aryl methyl sites for hydroxylation is 1. The quantitative estimate of drug-likeness (QED) is 0.601. The van der Waals surface area contributed by atoms with Crippen molar-refractivity contribution in [2.45, 2.75) is 27.2 Å². The van der Waals surface area contributed by atoms with Crippen LogP contribution in [0.2, 0.25) is 0 Å². The van der Waals surface area contributed by atoms with Crippen molar-refractivity contribution in [2.75, 3.05) is 0 Å². The summed E-state index contributed by atoms with van der Waals surface area (Å²) in [6, 6.07) is 8.51. The van der Waals surface area contributed by atoms with Crippen LogP contribution >= 0.6 is 0 Å². The predicted octanol–water partition coefficient (Wildman–Crippen LogP) is 3.20. The van der Waals surface area contributed by atoms with E-state index in [2.05, 4.69) is 51.0 Å². The summed E-state index contributed by atoms with van der Waals surface area (Å²) in [5, 5.41) is 0. The molecular weight excluding hydrogens is 156 g/mol. The number of hydrogen-bond donors (Lipinski definition) is 0. The van der Waals surface area contributed by atoms with Crippen molar-refractivity contribution in [2.24, 2.45) is 5.41 Å². The van der Waals surface area contributed by atoms with E-state index in [0.29, 0.717) is 0 Å². The third-order valence-electron chi connectivity index (χ3n) is 2.12. The van der Waals surface area contributed by atoms with Gasteiger partial charge in [-0.2, -0.15) is 0 Å². The van der Waals surface area contributed by atoms with Gasteiger partial charge >= 0.3 is 0 Å². The fourth-order valence-corrected chi connectivity index (χ4v) is 1.38. The highest BCUT2D eigenvalue weighted by Gasteiger charge is 2.14. The smallest absolute Gasteiger partial charge is 0.0296 e. The van der Waals surface area contributed by atoms with Gasteiger partial charge in [-0.25, -0.2) is 0 Å². The number of benzene rings is 1. The Morgan fingerprint density at radius 3 is 2.62 bits per heavy atom. The molecule has 0 bridgehead atoms. The highest BCUT2D eigenvalue weighted by atomic mass is 14.2. The summed E-state index contributed by atoms with van der Waals surface area (Å²) < 4.78 is 0. The maximum atomic E-state index is 5.44. The molecule has 0 fully saturated rings. The van der Waals surface area contributed by atoms with Crippen LogP contribution in [0.1, 0.15) is 25.0 Å². The Hall–Kier alpha value is -1.22. The standard InChI is InChI=1S/C13H16/c1-5-13(3,4)10-12-8-6-7-11(2)9-12/h1,6-9H,10H2,2-4H3. The first kappa shape index (κ1) is 9.86. The summed E-state index contributed by atoms with van der Waals surface area (Å²) in [6.07, 6.45) is 6.39. The molecule has 0 atom stereocenters. The van der Waals surface area contributed by atoms with Crippen molar-refractivity contribution in [3.8, 4) is 12.3 Å². The third kappa shape index (κ3) is 2.95. The van der Waals surface area contributed by atoms with Gasteiger partial charge in [-0.05, 0) is 32.8 Å². The van der Waals surface area contributed by atoms with E-state index in [9.17, 15) is 0 Å². The molecule has 0 saturated carbocycles. The lowest BCUT2D eigenvalue weighted by atomic mass is 9.86. The summed E-state index contributed by atoms with van der Waals surface area (Å²) >= 11 is 0. The van der Waals surface area contributed by atoms with E-state index in [-0.39, 0.29) is 5.41 Å². The highest BCUT2D eigenvalue weighted by Crippen LogP contribution is 2.20. The maximum Gasteiger partial charge on any atom is 0.0296 e. The van der Waals surface area contributed by atoms with E-state index in [4.69, 9.17) is 6.42 Å². The lowest BCUT2D eigenvalue weighted by Gasteiger charge is -2.17. The van der Waals surface area contributed by atoms with E-state index >= 15 is 0 Å². The zero-order chi connectivity index (χ0) is 9.90. The molecule has 0 unspecified atom stereocenters. The van der Waals surface area contributed by atoms with Crippen molar-refractivity contribution in [3.63, 3.8) is 0 Å². The molecule has 1 aromatic carbocycles. The van der Waals surface area contributed by atoms with Gasteiger partial charge in [0.1, 0.15) is 0 Å². The second kappa shape index (κ2) is 3.66. The van der Waals surface area contributed by atoms with Crippen molar-refractivity contribution < 1.29 is 0 Å². The minimum atomic E-state index is -0.0339. The van der Waals surface area contributed by atoms with Crippen LogP contribution < -0.4 is 0 Å². The zero-order valence-corrected chi connectivity index (χ0v) is 8.59. The van der Waals surface area contributed by atoms with Crippen LogP contribution in [0.15, 0.2) is 24.3 Å². The van der Waals surface area contributed by atoms with Crippen LogP contribution in [-0.2, 0) is 6.42 Å². The number of terminal acetylenes is 1. The van der Waals surface area contributed by atoms with Gasteiger partial charge in [-0.15, -0.1) is 12.3 Å². The topological polar surface area (TPSA) is 0 Å². The van der Waals surface area contributed by atoms with Crippen LogP contribution in [0.5, 0.6) is 0 Å². The molecule has 0 radical (unpaired) electrons. The van der Waals surface area contributed by atoms with Gasteiger partial charge in [0.25, 0.3) is 0 Å². The largest absolute Gasteiger partial charge is 0.120 e. The second-order valence-corrected chi connectivity index (χ2v) is 4.19. The first-order valence-electron chi connectivity index (χ1n) is 4.57. The zero-order valence-electron chi connectivity index (χ0n) is 8.59. The van der Waals surface area contributed by atoms with Gasteiger partial charge in [0.05, 0.1) is 0 Å². The molecule has 13 heavy (non-hydrogen) atoms. The fraction of sp³-hybridized carbons (Fsp3) is 0.385. The van der Waals surface area contributed by atoms with Gasteiger partial charge in [-0.1, -0.05) is 29.8 Å². The normalized spacial score (nSPS) is 10.9. The second-order valence-electron chi connectivity index (χ2n) is 4.19. The average Bonchev–Trinajstić information content (AvgIpc) is 2.03. The molecule has 0 heteroatoms. The molecule has 1 aromatic rings. The van der Waals surface area contributed by atoms with Crippen LogP contribution in [-0.4, -0.2) is 0 Å². The Morgan fingerprint density at radius 1 is 1.38 bits per heavy atom. The van der Waals surface area contributed by atoms with E-state index in [0.717, 1.165) is 6.42 Å². The average molecular weight is 172 g/mol. The van der Waals surface area contributed by atoms with Crippen LogP contribution in [0.3, 0.4) is 0 Å². The number of rotatable bonds is 2. The maximum absolute atomic E-state index is 5.44. The fourth-order valence-electron chi connectivity index (χ4n) is 1.38. The van der Waals surface area contributed by atoms with Gasteiger partial charge in [-0.3, -0.25) is 0 Å². The predicted molar refractivity (Wildman–Crippen MR) is 57.5 cm³/mol. The van der Waals surface area contributed by atoms with E-state index < -0.39 is 0 Å². The molecule has 68 valence electrons. The van der Waals surface area contributed by atoms with Crippen molar-refractivity contribution in [1.82, 2.24) is 0 Å². The van der Waals surface area contributed by atoms with Crippen molar-refractivity contribution in [3.05, 3.63) is 35.4 Å². The van der Waals surface area contributed by atoms with E-state index in [1.165, 1.54) is 11.1 Å². The molecule has 0 heterocycles. The Kier molecular flexibility index (Phi) is 2.78. The third-order valence-corrected chi connectivity index (χ3v) is 2.12. The molecule has 0 spiro atoms. The first-order chi connectivity index (χ1) is 6.03. The minimum absolute atomic E-state index is 0.0339. The lowest BCUT2D eigenvalue weighted by molar-refractivity contribution is 0.501. The van der Waals surface area contributed by atoms with Gasteiger partial charge in [0, 0.05) is 5.41 Å². The Labute approximate surface area is 81.0 Å². The molecule has 1 rings (SSSR count). The molecule has 0 aromatic heterocycles. The molecule has 0 saturated heterocycles. The van der Waals surface area contributed by atoms with Gasteiger partial charge < -0.3 is 0 Å². The molecule has 0 aliphatic rings. The monoisotopic (exact) mass is 172 g/mol. The number of hydrogen-bond acceptors (Lipinski definition) is 0. The Bertz CT molecular complexity index is 326. The molecule has 0 nitrogen and oxygen atoms in total. The SMILES string of the molecule is C#CC(C)(C)Cc1cccc(C)c1. The summed E-state index contributed by atoms with van der Waals surface area (Å²) in [7, 11) is 0. The molecule has 0 amide bonds. The van der Waals surface area contributed by atoms with Crippen LogP contribution in [0, 0.1) is 24.7 Å². The molecule has 0 N–H and O–H groups in total. The summed E-state index contributed by atoms with van der Waals surface area (Å²) in [6.45, 7) is 6.29. The van der Waals surface area contributed by atoms with Crippen molar-refractivity contribution in [1.29, 1.82) is 0 Å². The van der Waals surface area contributed by atoms with E-state index in [1.54, 1.807) is 0 Å². The lowest BCUT2D eigenvalue weighted by Crippen LogP contribution is -2.11. The van der Waals surface area contributed by atoms with Crippen LogP contribution in [0.25, 0.3) is 0 Å². The molecular formula is C13H16. The summed E-state index contributed by atoms with van der Waals surface area (Å²) in [4.78, 5) is 0. The summed E-state index contributed by atoms with van der Waals surface area (Å²) in [5.41, 5.74) is 2.58. The highest BCUT2D eigenvalue weighted by molar-refractivity contribution is 5.24. The van der Waals surface area contributed by atoms with E-state index in [1.807, 2.05) is 0 Å². The molecule has 0 aliphatic heterocycles. The van der Waals surface area contributed by atoms with Crippen molar-refractivity contribution >= 4 is 0 Å². The molecule has 0 aliphatic carbocycles. The first-order valence-corrected chi connectivity index (χ1v) is 4.57.